The second-order valence-corrected chi connectivity index (χ2v) is 7.92. The molecule has 0 saturated carbocycles. The number of carbonyl (C=O) groups excluding carboxylic acids is 1. The highest BCUT2D eigenvalue weighted by molar-refractivity contribution is 7.56. The van der Waals surface area contributed by atoms with E-state index in [1.165, 1.54) is 0 Å². The number of nitrogens with two attached hydrogens (primary N) is 1. The number of hydrogen-bond donors (Lipinski definition) is 1. The first-order valence-corrected chi connectivity index (χ1v) is 10.4. The summed E-state index contributed by atoms with van der Waals surface area (Å²) in [4.78, 5) is 16.2. The molecule has 0 fully saturated rings. The topological polar surface area (TPSA) is 79.4 Å². The van der Waals surface area contributed by atoms with Crippen LogP contribution in [0.5, 0.6) is 0 Å². The third-order valence-corrected chi connectivity index (χ3v) is 6.22. The lowest BCUT2D eigenvalue weighted by Crippen LogP contribution is -2.17. The lowest BCUT2D eigenvalue weighted by molar-refractivity contribution is -0.114. The normalized spacial score (nSPS) is 13.6. The molecule has 0 aliphatic heterocycles. The van der Waals surface area contributed by atoms with E-state index in [0.29, 0.717) is 31.8 Å². The predicted octanol–water partition coefficient (Wildman–Crippen LogP) is 3.06. The van der Waals surface area contributed by atoms with Gasteiger partial charge in [0.2, 0.25) is 14.3 Å². The van der Waals surface area contributed by atoms with E-state index in [2.05, 4.69) is 33.8 Å². The Bertz CT molecular complexity index is 837. The Morgan fingerprint density at radius 1 is 1.19 bits per heavy atom. The van der Waals surface area contributed by atoms with Crippen LogP contribution in [0.3, 0.4) is 0 Å². The molecule has 1 aromatic heterocycles. The quantitative estimate of drug-likeness (QED) is 0.706. The van der Waals surface area contributed by atoms with Crippen molar-refractivity contribution in [1.82, 2.24) is 9.55 Å². The van der Waals surface area contributed by atoms with E-state index >= 15 is 0 Å². The molecule has 1 aliphatic rings. The molecule has 1 heterocycles. The standard InChI is InChI=1S/C20H26N3O3P/c1-4-25-27(26-5-2)17-9-6-15(7-10-17)13-23-14(3)22-18-11-8-16(20(21)24)12-19(18)23/h6-7,9-10,12H,4-5,8,11,13H2,1-3H3,(H2,21,24). The van der Waals surface area contributed by atoms with E-state index in [-0.39, 0.29) is 5.91 Å². The molecule has 0 atom stereocenters. The zero-order valence-corrected chi connectivity index (χ0v) is 17.0. The summed E-state index contributed by atoms with van der Waals surface area (Å²) in [6, 6.07) is 8.32. The highest BCUT2D eigenvalue weighted by Gasteiger charge is 2.21. The van der Waals surface area contributed by atoms with Crippen LogP contribution < -0.4 is 11.0 Å². The smallest absolute Gasteiger partial charge is 0.244 e. The summed E-state index contributed by atoms with van der Waals surface area (Å²) in [7, 11) is -1.03. The molecule has 1 aromatic carbocycles. The zero-order valence-electron chi connectivity index (χ0n) is 16.1. The lowest BCUT2D eigenvalue weighted by atomic mass is 9.99. The Morgan fingerprint density at radius 2 is 1.85 bits per heavy atom. The van der Waals surface area contributed by atoms with Crippen LogP contribution in [0.15, 0.2) is 29.8 Å². The summed E-state index contributed by atoms with van der Waals surface area (Å²) in [6.07, 6.45) is 3.30. The summed E-state index contributed by atoms with van der Waals surface area (Å²) in [5.41, 5.74) is 9.31. The van der Waals surface area contributed by atoms with Crippen LogP contribution in [0.4, 0.5) is 0 Å². The summed E-state index contributed by atoms with van der Waals surface area (Å²) in [5.74, 6) is 0.590. The number of rotatable bonds is 8. The van der Waals surface area contributed by atoms with Gasteiger partial charge in [0.25, 0.3) is 0 Å². The van der Waals surface area contributed by atoms with Gasteiger partial charge in [-0.25, -0.2) is 4.98 Å². The molecule has 1 amide bonds. The average molecular weight is 387 g/mol. The zero-order chi connectivity index (χ0) is 19.4. The van der Waals surface area contributed by atoms with E-state index in [4.69, 9.17) is 14.8 Å². The molecule has 0 unspecified atom stereocenters. The van der Waals surface area contributed by atoms with Gasteiger partial charge in [-0.1, -0.05) is 12.1 Å². The van der Waals surface area contributed by atoms with Crippen LogP contribution in [0.1, 0.15) is 43.0 Å². The second-order valence-electron chi connectivity index (χ2n) is 6.37. The van der Waals surface area contributed by atoms with Crippen molar-refractivity contribution in [3.8, 4) is 0 Å². The number of primary amides is 1. The maximum atomic E-state index is 11.6. The number of benzene rings is 1. The molecule has 2 aromatic rings. The Kier molecular flexibility index (Phi) is 6.42. The molecular weight excluding hydrogens is 361 g/mol. The molecule has 1 aliphatic carbocycles. The van der Waals surface area contributed by atoms with Gasteiger partial charge in [0.05, 0.1) is 24.6 Å². The number of imidazole rings is 1. The van der Waals surface area contributed by atoms with Gasteiger partial charge in [0, 0.05) is 17.4 Å². The molecule has 0 radical (unpaired) electrons. The Morgan fingerprint density at radius 3 is 2.44 bits per heavy atom. The molecular formula is C20H26N3O3P. The van der Waals surface area contributed by atoms with Crippen molar-refractivity contribution in [2.45, 2.75) is 40.2 Å². The van der Waals surface area contributed by atoms with Crippen LogP contribution in [0.2, 0.25) is 0 Å². The molecule has 144 valence electrons. The van der Waals surface area contributed by atoms with Gasteiger partial charge in [-0.15, -0.1) is 0 Å². The van der Waals surface area contributed by atoms with Crippen LogP contribution in [-0.2, 0) is 26.8 Å². The van der Waals surface area contributed by atoms with Crippen molar-refractivity contribution in [2.75, 3.05) is 13.2 Å². The first-order valence-electron chi connectivity index (χ1n) is 9.24. The van der Waals surface area contributed by atoms with Gasteiger partial charge in [-0.2, -0.15) is 0 Å². The largest absolute Gasteiger partial charge is 0.366 e. The van der Waals surface area contributed by atoms with Crippen LogP contribution in [-0.4, -0.2) is 28.7 Å². The number of hydrogen-bond acceptors (Lipinski definition) is 4. The fourth-order valence-electron chi connectivity index (χ4n) is 3.20. The number of fused-ring (bicyclic) bond motifs is 1. The lowest BCUT2D eigenvalue weighted by Gasteiger charge is -2.17. The predicted molar refractivity (Wildman–Crippen MR) is 108 cm³/mol. The monoisotopic (exact) mass is 387 g/mol. The van der Waals surface area contributed by atoms with Gasteiger partial charge >= 0.3 is 0 Å². The van der Waals surface area contributed by atoms with E-state index in [0.717, 1.165) is 34.5 Å². The molecule has 0 bridgehead atoms. The van der Waals surface area contributed by atoms with Crippen molar-refractivity contribution in [3.05, 3.63) is 52.6 Å². The van der Waals surface area contributed by atoms with Crippen molar-refractivity contribution < 1.29 is 13.8 Å². The second kappa shape index (κ2) is 8.79. The summed E-state index contributed by atoms with van der Waals surface area (Å²) >= 11 is 0. The molecule has 2 N–H and O–H groups in total. The van der Waals surface area contributed by atoms with Gasteiger partial charge < -0.3 is 19.3 Å². The molecule has 7 heteroatoms. The van der Waals surface area contributed by atoms with Gasteiger partial charge in [0.1, 0.15) is 5.82 Å². The number of carbonyl (C=O) groups is 1. The van der Waals surface area contributed by atoms with E-state index in [1.807, 2.05) is 26.8 Å². The number of aryl methyl sites for hydroxylation is 2. The van der Waals surface area contributed by atoms with E-state index < -0.39 is 8.38 Å². The SMILES string of the molecule is CCOP(OCC)c1ccc(Cn2c(C)nc3c2C=C(C(N)=O)CC3)cc1. The van der Waals surface area contributed by atoms with Crippen molar-refractivity contribution in [2.24, 2.45) is 5.73 Å². The number of amides is 1. The van der Waals surface area contributed by atoms with Gasteiger partial charge in [-0.3, -0.25) is 4.79 Å². The summed E-state index contributed by atoms with van der Waals surface area (Å²) in [5, 5.41) is 1.07. The molecule has 27 heavy (non-hydrogen) atoms. The maximum absolute atomic E-state index is 11.6. The molecule has 0 saturated heterocycles. The fourth-order valence-corrected chi connectivity index (χ4v) is 4.43. The molecule has 0 spiro atoms. The first-order chi connectivity index (χ1) is 13.0. The average Bonchev–Trinajstić information content (AvgIpc) is 2.97. The Balaban J connectivity index is 1.83. The minimum atomic E-state index is -1.03. The minimum Gasteiger partial charge on any atom is -0.366 e. The summed E-state index contributed by atoms with van der Waals surface area (Å²) < 4.78 is 13.6. The number of aromatic nitrogens is 2. The van der Waals surface area contributed by atoms with E-state index in [9.17, 15) is 4.79 Å². The highest BCUT2D eigenvalue weighted by Crippen LogP contribution is 2.36. The molecule has 3 rings (SSSR count). The van der Waals surface area contributed by atoms with Crippen LogP contribution >= 0.6 is 8.38 Å². The number of nitrogens with zero attached hydrogens (tertiary/aromatic N) is 2. The summed E-state index contributed by atoms with van der Waals surface area (Å²) in [6.45, 7) is 7.89. The first kappa shape index (κ1) is 19.7. The van der Waals surface area contributed by atoms with Crippen molar-refractivity contribution in [3.63, 3.8) is 0 Å². The molecule has 6 nitrogen and oxygen atoms in total. The van der Waals surface area contributed by atoms with Crippen molar-refractivity contribution in [1.29, 1.82) is 0 Å². The van der Waals surface area contributed by atoms with Crippen LogP contribution in [0.25, 0.3) is 6.08 Å². The Hall–Kier alpha value is -2.01. The fraction of sp³-hybridized carbons (Fsp3) is 0.400. The van der Waals surface area contributed by atoms with Crippen molar-refractivity contribution >= 4 is 25.7 Å². The highest BCUT2D eigenvalue weighted by atomic mass is 31.2. The third kappa shape index (κ3) is 4.46. The minimum absolute atomic E-state index is 0.351. The van der Waals surface area contributed by atoms with E-state index in [1.54, 1.807) is 0 Å². The van der Waals surface area contributed by atoms with Gasteiger partial charge in [-0.05, 0) is 57.4 Å². The van der Waals surface area contributed by atoms with Crippen LogP contribution in [0, 0.1) is 6.92 Å². The van der Waals surface area contributed by atoms with Gasteiger partial charge in [0.15, 0.2) is 0 Å². The third-order valence-electron chi connectivity index (χ3n) is 4.51. The Labute approximate surface area is 161 Å². The maximum Gasteiger partial charge on any atom is 0.244 e.